The van der Waals surface area contributed by atoms with E-state index in [1.54, 1.807) is 23.9 Å². The maximum Gasteiger partial charge on any atom is 0.251 e. The number of thioether (sulfide) groups is 1. The predicted octanol–water partition coefficient (Wildman–Crippen LogP) is 2.93. The number of carbonyl (C=O) groups excluding carboxylic acids is 1. The van der Waals surface area contributed by atoms with Crippen molar-refractivity contribution in [2.45, 2.75) is 12.1 Å². The molecule has 0 radical (unpaired) electrons. The van der Waals surface area contributed by atoms with Crippen LogP contribution in [0, 0.1) is 0 Å². The first kappa shape index (κ1) is 14.9. The molecule has 2 atom stereocenters. The molecule has 112 valence electrons. The lowest BCUT2D eigenvalue weighted by molar-refractivity contribution is 0.0900. The van der Waals surface area contributed by atoms with E-state index < -0.39 is 6.10 Å². The van der Waals surface area contributed by atoms with E-state index >= 15 is 0 Å². The van der Waals surface area contributed by atoms with Crippen LogP contribution in [-0.2, 0) is 0 Å². The van der Waals surface area contributed by atoms with Gasteiger partial charge >= 0.3 is 0 Å². The van der Waals surface area contributed by atoms with Crippen LogP contribution in [0.4, 0.5) is 0 Å². The van der Waals surface area contributed by atoms with Gasteiger partial charge < -0.3 is 10.4 Å². The molecule has 1 fully saturated rings. The zero-order valence-corrected chi connectivity index (χ0v) is 12.8. The van der Waals surface area contributed by atoms with Crippen molar-refractivity contribution in [3.63, 3.8) is 0 Å². The molecule has 1 saturated heterocycles. The van der Waals surface area contributed by atoms with E-state index in [9.17, 15) is 9.90 Å². The molecule has 1 aliphatic heterocycles. The zero-order valence-electron chi connectivity index (χ0n) is 12.0. The minimum absolute atomic E-state index is 0.147. The highest BCUT2D eigenvalue weighted by atomic mass is 32.2. The van der Waals surface area contributed by atoms with Gasteiger partial charge in [0.1, 0.15) is 6.10 Å². The van der Waals surface area contributed by atoms with Crippen molar-refractivity contribution in [1.29, 1.82) is 0 Å². The zero-order chi connectivity index (χ0) is 15.4. The molecule has 1 aliphatic rings. The van der Waals surface area contributed by atoms with Gasteiger partial charge in [-0.15, -0.1) is 11.8 Å². The first-order chi connectivity index (χ1) is 10.7. The Hall–Kier alpha value is -2.04. The van der Waals surface area contributed by atoms with Gasteiger partial charge in [-0.05, 0) is 23.8 Å². The smallest absolute Gasteiger partial charge is 0.251 e. The molecule has 0 spiro atoms. The molecule has 0 unspecified atom stereocenters. The largest absolute Gasteiger partial charge is 0.386 e. The van der Waals surface area contributed by atoms with Gasteiger partial charge in [0, 0.05) is 16.2 Å². The number of amides is 1. The van der Waals surface area contributed by atoms with Crippen LogP contribution in [0.25, 0.3) is 6.08 Å². The van der Waals surface area contributed by atoms with E-state index in [2.05, 4.69) is 5.32 Å². The van der Waals surface area contributed by atoms with Gasteiger partial charge in [0.25, 0.3) is 5.91 Å². The Kier molecular flexibility index (Phi) is 4.61. The summed E-state index contributed by atoms with van der Waals surface area (Å²) in [4.78, 5) is 13.1. The van der Waals surface area contributed by atoms with Crippen LogP contribution in [0.15, 0.2) is 65.6 Å². The van der Waals surface area contributed by atoms with Gasteiger partial charge in [0.2, 0.25) is 0 Å². The number of hydrogen-bond donors (Lipinski definition) is 2. The van der Waals surface area contributed by atoms with Crippen LogP contribution in [0.5, 0.6) is 0 Å². The molecule has 2 N–H and O–H groups in total. The van der Waals surface area contributed by atoms with E-state index in [1.807, 2.05) is 54.6 Å². The summed E-state index contributed by atoms with van der Waals surface area (Å²) in [6, 6.07) is 18.7. The van der Waals surface area contributed by atoms with Gasteiger partial charge in [-0.1, -0.05) is 48.5 Å². The summed E-state index contributed by atoms with van der Waals surface area (Å²) in [5.41, 5.74) is 1.67. The topological polar surface area (TPSA) is 49.3 Å². The van der Waals surface area contributed by atoms with Gasteiger partial charge in [-0.2, -0.15) is 0 Å². The second kappa shape index (κ2) is 6.81. The molecule has 0 bridgehead atoms. The van der Waals surface area contributed by atoms with Crippen LogP contribution in [0.1, 0.15) is 15.9 Å². The monoisotopic (exact) mass is 311 g/mol. The van der Waals surface area contributed by atoms with E-state index in [0.29, 0.717) is 11.3 Å². The van der Waals surface area contributed by atoms with Gasteiger partial charge in [0.05, 0.1) is 6.04 Å². The number of benzene rings is 2. The lowest BCUT2D eigenvalue weighted by atomic mass is 10.1. The van der Waals surface area contributed by atoms with Gasteiger partial charge in [-0.3, -0.25) is 4.79 Å². The predicted molar refractivity (Wildman–Crippen MR) is 90.6 cm³/mol. The Morgan fingerprint density at radius 2 is 1.73 bits per heavy atom. The summed E-state index contributed by atoms with van der Waals surface area (Å²) >= 11 is 1.59. The second-order valence-corrected chi connectivity index (χ2v) is 6.25. The molecule has 3 nitrogen and oxygen atoms in total. The van der Waals surface area contributed by atoms with Crippen LogP contribution < -0.4 is 5.32 Å². The van der Waals surface area contributed by atoms with E-state index in [-0.39, 0.29) is 11.9 Å². The number of carbonyl (C=O) groups is 1. The first-order valence-corrected chi connectivity index (χ1v) is 8.16. The summed E-state index contributed by atoms with van der Waals surface area (Å²) in [5.74, 6) is 0.532. The Morgan fingerprint density at radius 1 is 1.09 bits per heavy atom. The van der Waals surface area contributed by atoms with Crippen molar-refractivity contribution in [2.24, 2.45) is 0 Å². The van der Waals surface area contributed by atoms with Crippen LogP contribution in [0.2, 0.25) is 0 Å². The minimum atomic E-state index is -0.655. The Balaban J connectivity index is 1.68. The summed E-state index contributed by atoms with van der Waals surface area (Å²) in [6.45, 7) is 0. The molecule has 1 amide bonds. The van der Waals surface area contributed by atoms with Crippen LogP contribution >= 0.6 is 11.8 Å². The Morgan fingerprint density at radius 3 is 2.41 bits per heavy atom. The number of hydrogen-bond acceptors (Lipinski definition) is 3. The van der Waals surface area contributed by atoms with E-state index in [0.717, 1.165) is 10.5 Å². The first-order valence-electron chi connectivity index (χ1n) is 7.17. The number of aliphatic hydroxyl groups excluding tert-OH is 1. The number of rotatable bonds is 3. The standard InChI is InChI=1S/C18H17NO2S/c20-17-15(19-18(21)14-9-5-2-6-10-14)12-22-16(17)11-13-7-3-1-4-8-13/h1-11,15,17,20H,12H2,(H,19,21)/b16-11+/t15-,17+/m1/s1. The van der Waals surface area contributed by atoms with E-state index in [1.165, 1.54) is 0 Å². The normalized spacial score (nSPS) is 22.7. The van der Waals surface area contributed by atoms with Crippen molar-refractivity contribution in [1.82, 2.24) is 5.32 Å². The average Bonchev–Trinajstić information content (AvgIpc) is 2.90. The molecule has 4 heteroatoms. The highest BCUT2D eigenvalue weighted by Gasteiger charge is 2.31. The Labute approximate surface area is 134 Å². The maximum atomic E-state index is 12.2. The number of nitrogens with one attached hydrogen (secondary N) is 1. The average molecular weight is 311 g/mol. The highest BCUT2D eigenvalue weighted by Crippen LogP contribution is 2.33. The van der Waals surface area contributed by atoms with Crippen molar-refractivity contribution < 1.29 is 9.90 Å². The summed E-state index contributed by atoms with van der Waals surface area (Å²) in [6.07, 6.45) is 1.32. The van der Waals surface area contributed by atoms with Crippen LogP contribution in [0.3, 0.4) is 0 Å². The quantitative estimate of drug-likeness (QED) is 0.916. The fourth-order valence-electron chi connectivity index (χ4n) is 2.36. The molecule has 0 saturated carbocycles. The molecule has 22 heavy (non-hydrogen) atoms. The third kappa shape index (κ3) is 3.40. The summed E-state index contributed by atoms with van der Waals surface area (Å²) in [7, 11) is 0. The lowest BCUT2D eigenvalue weighted by Gasteiger charge is -2.16. The molecule has 0 aliphatic carbocycles. The third-order valence-electron chi connectivity index (χ3n) is 3.56. The van der Waals surface area contributed by atoms with Crippen molar-refractivity contribution >= 4 is 23.7 Å². The molecule has 2 aromatic carbocycles. The van der Waals surface area contributed by atoms with Crippen LogP contribution in [-0.4, -0.2) is 28.9 Å². The maximum absolute atomic E-state index is 12.2. The third-order valence-corrected chi connectivity index (χ3v) is 4.78. The minimum Gasteiger partial charge on any atom is -0.386 e. The fraction of sp³-hybridized carbons (Fsp3) is 0.167. The molecule has 3 rings (SSSR count). The molecular weight excluding hydrogens is 294 g/mol. The second-order valence-electron chi connectivity index (χ2n) is 5.16. The van der Waals surface area contributed by atoms with Crippen molar-refractivity contribution in [2.75, 3.05) is 5.75 Å². The SMILES string of the molecule is O=C(N[C@@H]1CS/C(=C/c2ccccc2)[C@H]1O)c1ccccc1. The molecule has 2 aromatic rings. The van der Waals surface area contributed by atoms with Crippen molar-refractivity contribution in [3.05, 3.63) is 76.7 Å². The Bertz CT molecular complexity index is 670. The fourth-order valence-corrected chi connectivity index (χ4v) is 3.56. The lowest BCUT2D eigenvalue weighted by Crippen LogP contribution is -2.42. The van der Waals surface area contributed by atoms with Gasteiger partial charge in [-0.25, -0.2) is 0 Å². The molecule has 1 heterocycles. The van der Waals surface area contributed by atoms with Crippen molar-refractivity contribution in [3.8, 4) is 0 Å². The summed E-state index contributed by atoms with van der Waals surface area (Å²) in [5, 5.41) is 13.3. The van der Waals surface area contributed by atoms with Gasteiger partial charge in [0.15, 0.2) is 0 Å². The summed E-state index contributed by atoms with van der Waals surface area (Å²) < 4.78 is 0. The molecular formula is C18H17NO2S. The van der Waals surface area contributed by atoms with E-state index in [4.69, 9.17) is 0 Å². The highest BCUT2D eigenvalue weighted by molar-refractivity contribution is 8.03. The number of aliphatic hydroxyl groups is 1. The molecule has 0 aromatic heterocycles.